The maximum Gasteiger partial charge on any atom is 0.376 e. The fourth-order valence-corrected chi connectivity index (χ4v) is 66.2. The molecule has 3 aliphatic heterocycles. The number of benzene rings is 4. The van der Waals surface area contributed by atoms with Crippen LogP contribution in [-0.4, -0.2) is 173 Å². The van der Waals surface area contributed by atoms with Crippen molar-refractivity contribution in [3.05, 3.63) is 204 Å². The van der Waals surface area contributed by atoms with Gasteiger partial charge in [0.15, 0.2) is 11.6 Å². The summed E-state index contributed by atoms with van der Waals surface area (Å²) in [4.78, 5) is 112. The number of aryl methyl sites for hydroxylation is 1. The van der Waals surface area contributed by atoms with Gasteiger partial charge in [-0.05, 0) is 103 Å². The average molecular weight is 2210 g/mol. The van der Waals surface area contributed by atoms with E-state index < -0.39 is 47.4 Å². The van der Waals surface area contributed by atoms with E-state index in [1.807, 2.05) is 78.4 Å². The summed E-state index contributed by atoms with van der Waals surface area (Å²) in [5.41, 5.74) is 4.69. The van der Waals surface area contributed by atoms with Gasteiger partial charge >= 0.3 is 29.8 Å². The molecular formula is C68H80F2N20O14S24. The van der Waals surface area contributed by atoms with Crippen LogP contribution in [0.25, 0.3) is 21.5 Å². The summed E-state index contributed by atoms with van der Waals surface area (Å²) < 4.78 is 62.6. The van der Waals surface area contributed by atoms with Crippen molar-refractivity contribution in [2.45, 2.75) is 106 Å². The molecular weight excluding hydrogens is 2130 g/mol. The van der Waals surface area contributed by atoms with Crippen molar-refractivity contribution in [2.24, 2.45) is 5.84 Å². The first-order valence-corrected chi connectivity index (χ1v) is 67.2. The lowest BCUT2D eigenvalue weighted by Crippen LogP contribution is -2.41. The first-order chi connectivity index (χ1) is 62.9. The number of nitrogens with one attached hydrogen (secondary N) is 5. The van der Waals surface area contributed by atoms with Gasteiger partial charge in [0.05, 0.1) is 97.3 Å². The van der Waals surface area contributed by atoms with E-state index in [4.69, 9.17) is 50.5 Å². The molecule has 0 aliphatic carbocycles. The Kier molecular flexibility index (Phi) is 50.0. The molecule has 694 valence electrons. The number of carbonyl (C=O) groups excluding carboxylic acids is 6. The van der Waals surface area contributed by atoms with Crippen molar-refractivity contribution >= 4 is 287 Å². The molecule has 6 aromatic heterocycles. The topological polar surface area (TPSA) is 451 Å². The van der Waals surface area contributed by atoms with E-state index in [0.29, 0.717) is 100 Å². The van der Waals surface area contributed by atoms with Gasteiger partial charge in [-0.25, -0.2) is 53.8 Å². The van der Waals surface area contributed by atoms with Gasteiger partial charge in [0.25, 0.3) is 17.0 Å². The Bertz CT molecular complexity index is 6800. The third-order valence-electron chi connectivity index (χ3n) is 16.2. The van der Waals surface area contributed by atoms with Gasteiger partial charge in [0.1, 0.15) is 23.3 Å². The van der Waals surface area contributed by atoms with Crippen molar-refractivity contribution in [1.82, 2.24) is 90.2 Å². The number of hydrogen-bond acceptors (Lipinski definition) is 29. The van der Waals surface area contributed by atoms with Crippen LogP contribution in [-0.2, 0) is 279 Å². The number of nitrogen functional groups attached to an aromatic ring is 1. The van der Waals surface area contributed by atoms with Crippen LogP contribution in [0.4, 0.5) is 14.6 Å². The number of carboxylic acids is 1. The monoisotopic (exact) mass is 2210 g/mol. The molecule has 34 nitrogen and oxygen atoms in total. The second-order valence-electron chi connectivity index (χ2n) is 24.5. The third kappa shape index (κ3) is 35.2. The molecule has 3 aliphatic rings. The number of carboxylic acid groups (broad SMARTS) is 1. The van der Waals surface area contributed by atoms with Crippen molar-refractivity contribution in [3.8, 4) is 0 Å². The molecule has 0 radical (unpaired) electrons. The Hall–Kier alpha value is -7.03. The minimum absolute atomic E-state index is 0. The molecule has 4 aromatic carbocycles. The molecule has 9 heterocycles. The molecule has 1 amide bonds. The summed E-state index contributed by atoms with van der Waals surface area (Å²) in [7, 11) is 38.1. The van der Waals surface area contributed by atoms with E-state index in [2.05, 4.69) is 81.8 Å². The number of ether oxygens (including phenoxy) is 4. The molecule has 0 fully saturated rings. The summed E-state index contributed by atoms with van der Waals surface area (Å²) in [5, 5.41) is 54.5. The number of anilines is 1. The normalized spacial score (nSPS) is 13.2. The van der Waals surface area contributed by atoms with Crippen LogP contribution in [0.5, 0.6) is 0 Å². The molecule has 0 spiro atoms. The molecule has 60 heteroatoms. The maximum absolute atomic E-state index is 14.8. The fourth-order valence-electron chi connectivity index (χ4n) is 11.3. The van der Waals surface area contributed by atoms with Gasteiger partial charge in [-0.3, -0.25) is 28.7 Å². The molecule has 10 aromatic rings. The third-order valence-corrected chi connectivity index (χ3v) is 62.9. The molecule has 8 N–H and O–H groups in total. The minimum Gasteiger partial charge on any atom is -0.478 e. The molecule has 0 saturated heterocycles. The second-order valence-corrected chi connectivity index (χ2v) is 63.4. The summed E-state index contributed by atoms with van der Waals surface area (Å²) in [5.74, 6) is 2.94. The summed E-state index contributed by atoms with van der Waals surface area (Å²) in [6.07, 6.45) is 3.96. The number of aromatic amines is 2. The summed E-state index contributed by atoms with van der Waals surface area (Å²) in [6, 6.07) is 22.4. The number of nitrogens with zero attached hydrogens (tertiary/aromatic N) is 14. The molecule has 0 bridgehead atoms. The van der Waals surface area contributed by atoms with E-state index in [-0.39, 0.29) is 86.6 Å². The highest BCUT2D eigenvalue weighted by Gasteiger charge is 2.34. The predicted octanol–water partition coefficient (Wildman–Crippen LogP) is 5.48. The molecule has 13 rings (SSSR count). The van der Waals surface area contributed by atoms with Gasteiger partial charge in [-0.1, -0.05) is 48.5 Å². The van der Waals surface area contributed by atoms with E-state index in [0.717, 1.165) is 36.5 Å². The fraction of sp³-hybridized carbons (Fsp3) is 0.338. The average Bonchev–Trinajstić information content (AvgIpc) is 1.67. The molecule has 128 heavy (non-hydrogen) atoms. The number of aromatic nitrogens is 15. The molecule has 0 saturated carbocycles. The Labute approximate surface area is 806 Å². The number of aromatic carboxylic acids is 1. The van der Waals surface area contributed by atoms with Gasteiger partial charge in [0, 0.05) is 284 Å². The molecule has 3 atom stereocenters. The lowest BCUT2D eigenvalue weighted by atomic mass is 10.0. The number of aldehydes is 1. The van der Waals surface area contributed by atoms with E-state index in [9.17, 15) is 51.9 Å². The van der Waals surface area contributed by atoms with Gasteiger partial charge in [-0.15, -0.1) is 30.6 Å². The number of hydrazine groups is 1. The van der Waals surface area contributed by atoms with Gasteiger partial charge < -0.3 is 54.1 Å². The minimum atomic E-state index is -1.32. The number of amides is 1. The summed E-state index contributed by atoms with van der Waals surface area (Å²) >= 11 is 9.54. The number of nitrogens with two attached hydrogens (primary N) is 1. The highest BCUT2D eigenvalue weighted by molar-refractivity contribution is 8.79. The first-order valence-electron chi connectivity index (χ1n) is 37.5. The zero-order chi connectivity index (χ0) is 94.7. The van der Waals surface area contributed by atoms with Crippen molar-refractivity contribution < 1.29 is 70.8 Å². The quantitative estimate of drug-likeness (QED) is 0.0167. The highest BCUT2D eigenvalue weighted by Crippen LogP contribution is 2.27. The number of fused-ring (bicyclic) bond motifs is 5. The van der Waals surface area contributed by atoms with Crippen LogP contribution < -0.4 is 33.0 Å². The Morgan fingerprint density at radius 3 is 1.28 bits per heavy atom. The van der Waals surface area contributed by atoms with E-state index in [1.54, 1.807) is 235 Å². The zero-order valence-corrected chi connectivity index (χ0v) is 87.3. The zero-order valence-electron chi connectivity index (χ0n) is 69.7. The summed E-state index contributed by atoms with van der Waals surface area (Å²) in [6.45, 7) is 19.0. The van der Waals surface area contributed by atoms with Crippen molar-refractivity contribution in [1.29, 1.82) is 0 Å². The Morgan fingerprint density at radius 2 is 0.922 bits per heavy atom. The number of halogens is 2. The first kappa shape index (κ1) is 106. The van der Waals surface area contributed by atoms with Gasteiger partial charge in [0.2, 0.25) is 23.8 Å². The SMILES string of the molecule is CCOC(=O)C=O.CCOC(=O)c1nnc2n1C(C)CN(C(=O)c1cc(Cc3n[nH]c(=O)c4ccccc34)ccc1F)C2.CCOC(=O)c1nnc2n1C(C)CNC2.CCOC(=O)c1nnc2n1C(C)CNC2.Cc1cncc(NN)n1.O=C(O)c1cc(Cc2n[nH]c(=O)c3ccccc23)ccc1F.S=S=S=S=S=S=S=S=S=S=S=S=S=S=S=S=S=S=S=S=S=S=S=S.[2H][2H].[HH]. The Balaban J connectivity index is 0.000000284. The van der Waals surface area contributed by atoms with Crippen LogP contribution in [0.15, 0.2) is 107 Å². The predicted molar refractivity (Wildman–Crippen MR) is 549 cm³/mol. The standard InChI is InChI=1S/C25H23FN6O4.C16H11FN2O3.2C9H14N4O2.C5H8N4.C4H6O3.S24.2H2/c1-3-36-25(35)22-29-28-21-13-31(12-14(2)32(21)22)24(34)18-10-15(8-9-19(18)26)11-20-16-6-4-5-7-17(16)23(33)30-27-20;17-13-6-5-9(7-12(13)16(21)22)8-14-10-3-1-2-4-11(10)15(20)19-18-14;2*1-3-15-9(14)8-12-11-7-5-10-4-6(2)13(7)8;1-4-2-7-3-5(8-4)9-6;1-2-7-4(6)3-5;1-3-5-7-9-11-13-15-17-19-21-23-24-22-20-18-16-14-12-10-8-6-4-2;;/h4-10,14H,3,11-13H2,1-2H3,(H,30,33);1-7H,8H2,(H,19,20)(H,21,22);2*6,10H,3-5H2,1-2H3;2-3H,6H2,1H3,(H,8,9);3H,2H2,1H3;;2*1H/i;;;;;;;1+1D;. The lowest BCUT2D eigenvalue weighted by molar-refractivity contribution is -0.148. The van der Waals surface area contributed by atoms with Gasteiger partial charge in [-0.2, -0.15) is 10.2 Å². The lowest BCUT2D eigenvalue weighted by Gasteiger charge is -2.32. The smallest absolute Gasteiger partial charge is 0.376 e. The van der Waals surface area contributed by atoms with E-state index >= 15 is 0 Å². The van der Waals surface area contributed by atoms with Crippen LogP contribution in [0.2, 0.25) is 0 Å². The van der Waals surface area contributed by atoms with Crippen molar-refractivity contribution in [2.75, 3.05) is 51.5 Å². The molecule has 3 unspecified atom stereocenters. The van der Waals surface area contributed by atoms with Crippen molar-refractivity contribution in [3.63, 3.8) is 0 Å². The maximum atomic E-state index is 14.8. The van der Waals surface area contributed by atoms with Crippen LogP contribution in [0, 0.1) is 18.6 Å². The number of carbonyl (C=O) groups is 7. The van der Waals surface area contributed by atoms with Crippen LogP contribution in [0.3, 0.4) is 0 Å². The number of H-pyrrole nitrogens is 2. The van der Waals surface area contributed by atoms with E-state index in [1.165, 1.54) is 46.9 Å². The number of hydrogen-bond donors (Lipinski definition) is 7. The second kappa shape index (κ2) is 60.2. The number of rotatable bonds is 15. The Morgan fingerprint density at radius 1 is 0.547 bits per heavy atom. The van der Waals surface area contributed by atoms with Crippen LogP contribution >= 0.6 is 0 Å². The highest BCUT2D eigenvalue weighted by atomic mass is 33.5. The largest absolute Gasteiger partial charge is 0.478 e. The number of esters is 4. The van der Waals surface area contributed by atoms with Crippen LogP contribution in [0.1, 0.15) is 169 Å².